The molecule has 0 unspecified atom stereocenters. The lowest BCUT2D eigenvalue weighted by atomic mass is 10.1. The number of hydrogen-bond donors (Lipinski definition) is 2. The van der Waals surface area contributed by atoms with Crippen LogP contribution < -0.4 is 15.4 Å². The van der Waals surface area contributed by atoms with Gasteiger partial charge in [-0.1, -0.05) is 19.9 Å². The second-order valence-corrected chi connectivity index (χ2v) is 8.77. The Morgan fingerprint density at radius 1 is 0.882 bits per heavy atom. The van der Waals surface area contributed by atoms with E-state index in [0.717, 1.165) is 12.1 Å². The van der Waals surface area contributed by atoms with E-state index in [2.05, 4.69) is 26.6 Å². The van der Waals surface area contributed by atoms with Gasteiger partial charge in [0.2, 0.25) is 0 Å². The van der Waals surface area contributed by atoms with Crippen LogP contribution in [0.1, 0.15) is 40.1 Å². The summed E-state index contributed by atoms with van der Waals surface area (Å²) in [5.41, 5.74) is 0.273. The van der Waals surface area contributed by atoms with Crippen LogP contribution in [-0.4, -0.2) is 18.4 Å². The number of ether oxygens (including phenoxy) is 1. The van der Waals surface area contributed by atoms with Crippen molar-refractivity contribution in [1.29, 1.82) is 0 Å². The summed E-state index contributed by atoms with van der Waals surface area (Å²) >= 11 is 3.41. The average Bonchev–Trinajstić information content (AvgIpc) is 2.78. The molecule has 0 aliphatic carbocycles. The molecule has 0 saturated carbocycles. The van der Waals surface area contributed by atoms with E-state index in [1.54, 1.807) is 18.2 Å². The smallest absolute Gasteiger partial charge is 0.416 e. The van der Waals surface area contributed by atoms with E-state index >= 15 is 0 Å². The fourth-order valence-corrected chi connectivity index (χ4v) is 3.39. The Bertz CT molecular complexity index is 1180. The normalized spacial score (nSPS) is 11.3. The van der Waals surface area contributed by atoms with Crippen molar-refractivity contribution in [1.82, 2.24) is 0 Å². The average molecular weight is 535 g/mol. The highest BCUT2D eigenvalue weighted by Gasteiger charge is 2.30. The lowest BCUT2D eigenvalue weighted by Crippen LogP contribution is -2.14. The molecule has 3 rings (SSSR count). The van der Waals surface area contributed by atoms with Crippen LogP contribution in [0, 0.1) is 5.92 Å². The molecule has 0 fully saturated rings. The first-order valence-corrected chi connectivity index (χ1v) is 11.1. The van der Waals surface area contributed by atoms with E-state index in [1.807, 2.05) is 13.8 Å². The fourth-order valence-electron chi connectivity index (χ4n) is 2.90. The molecule has 0 spiro atoms. The maximum atomic E-state index is 12.8. The summed E-state index contributed by atoms with van der Waals surface area (Å²) in [6, 6.07) is 15.4. The van der Waals surface area contributed by atoms with Gasteiger partial charge in [-0.05, 0) is 82.5 Å². The summed E-state index contributed by atoms with van der Waals surface area (Å²) in [4.78, 5) is 25.0. The zero-order valence-corrected chi connectivity index (χ0v) is 20.0. The highest BCUT2D eigenvalue weighted by atomic mass is 79.9. The molecule has 3 aromatic rings. The maximum Gasteiger partial charge on any atom is 0.416 e. The minimum Gasteiger partial charge on any atom is -0.492 e. The zero-order valence-electron chi connectivity index (χ0n) is 18.4. The Kier molecular flexibility index (Phi) is 7.98. The molecule has 9 heteroatoms. The van der Waals surface area contributed by atoms with Crippen molar-refractivity contribution in [3.63, 3.8) is 0 Å². The van der Waals surface area contributed by atoms with Crippen LogP contribution in [0.5, 0.6) is 5.75 Å². The molecule has 34 heavy (non-hydrogen) atoms. The molecule has 0 atom stereocenters. The molecule has 0 aliphatic rings. The van der Waals surface area contributed by atoms with Gasteiger partial charge in [0.05, 0.1) is 16.6 Å². The molecule has 0 aromatic heterocycles. The first-order valence-electron chi connectivity index (χ1n) is 10.4. The van der Waals surface area contributed by atoms with E-state index in [1.165, 1.54) is 36.4 Å². The molecular weight excluding hydrogens is 513 g/mol. The van der Waals surface area contributed by atoms with Crippen LogP contribution in [-0.2, 0) is 6.18 Å². The minimum absolute atomic E-state index is 0.0311. The second-order valence-electron chi connectivity index (χ2n) is 7.91. The molecule has 0 aliphatic heterocycles. The van der Waals surface area contributed by atoms with Gasteiger partial charge in [-0.25, -0.2) is 0 Å². The van der Waals surface area contributed by atoms with E-state index in [0.29, 0.717) is 34.0 Å². The maximum absolute atomic E-state index is 12.8. The van der Waals surface area contributed by atoms with Crippen molar-refractivity contribution < 1.29 is 27.5 Å². The van der Waals surface area contributed by atoms with E-state index in [9.17, 15) is 22.8 Å². The number of carbonyl (C=O) groups excluding carboxylic acids is 2. The lowest BCUT2D eigenvalue weighted by Gasteiger charge is -2.12. The van der Waals surface area contributed by atoms with Crippen LogP contribution in [0.3, 0.4) is 0 Å². The number of carbonyl (C=O) groups is 2. The predicted molar refractivity (Wildman–Crippen MR) is 128 cm³/mol. The van der Waals surface area contributed by atoms with Crippen LogP contribution >= 0.6 is 15.9 Å². The number of alkyl halides is 3. The number of nitrogens with one attached hydrogen (secondary N) is 2. The SMILES string of the molecule is CC(C)COc1ccc(C(=O)Nc2ccc(C(=O)Nc3cccc(C(F)(F)F)c3)cc2)cc1Br. The molecular formula is C25H22BrF3N2O3. The van der Waals surface area contributed by atoms with E-state index in [-0.39, 0.29) is 17.2 Å². The molecule has 0 heterocycles. The third kappa shape index (κ3) is 6.84. The molecule has 3 aromatic carbocycles. The van der Waals surface area contributed by atoms with Crippen molar-refractivity contribution in [2.75, 3.05) is 17.2 Å². The number of benzene rings is 3. The fraction of sp³-hybridized carbons (Fsp3) is 0.200. The largest absolute Gasteiger partial charge is 0.492 e. The lowest BCUT2D eigenvalue weighted by molar-refractivity contribution is -0.137. The molecule has 0 saturated heterocycles. The number of halogens is 4. The third-order valence-electron chi connectivity index (χ3n) is 4.62. The summed E-state index contributed by atoms with van der Waals surface area (Å²) in [7, 11) is 0. The monoisotopic (exact) mass is 534 g/mol. The third-order valence-corrected chi connectivity index (χ3v) is 5.24. The first kappa shape index (κ1) is 25.3. The molecule has 178 valence electrons. The van der Waals surface area contributed by atoms with Crippen molar-refractivity contribution in [2.24, 2.45) is 5.92 Å². The molecule has 5 nitrogen and oxygen atoms in total. The highest BCUT2D eigenvalue weighted by molar-refractivity contribution is 9.10. The number of hydrogen-bond acceptors (Lipinski definition) is 3. The molecule has 0 radical (unpaired) electrons. The van der Waals surface area contributed by atoms with E-state index in [4.69, 9.17) is 4.74 Å². The van der Waals surface area contributed by atoms with Gasteiger partial charge in [-0.2, -0.15) is 13.2 Å². The number of rotatable bonds is 7. The summed E-state index contributed by atoms with van der Waals surface area (Å²) in [6.07, 6.45) is -4.50. The highest BCUT2D eigenvalue weighted by Crippen LogP contribution is 2.31. The van der Waals surface area contributed by atoms with Gasteiger partial charge >= 0.3 is 6.18 Å². The Balaban J connectivity index is 1.63. The molecule has 2 amide bonds. The van der Waals surface area contributed by atoms with Crippen molar-refractivity contribution in [2.45, 2.75) is 20.0 Å². The van der Waals surface area contributed by atoms with Crippen LogP contribution in [0.2, 0.25) is 0 Å². The van der Waals surface area contributed by atoms with Crippen molar-refractivity contribution in [3.8, 4) is 5.75 Å². The van der Waals surface area contributed by atoms with Gasteiger partial charge in [0.15, 0.2) is 0 Å². The van der Waals surface area contributed by atoms with Gasteiger partial charge < -0.3 is 15.4 Å². The van der Waals surface area contributed by atoms with Crippen LogP contribution in [0.25, 0.3) is 0 Å². The second kappa shape index (κ2) is 10.7. The standard InChI is InChI=1S/C25H22BrF3N2O3/c1-15(2)14-34-22-11-8-17(12-21(22)26)24(33)30-19-9-6-16(7-10-19)23(32)31-20-5-3-4-18(13-20)25(27,28)29/h3-13,15H,14H2,1-2H3,(H,30,33)(H,31,32). The van der Waals surface area contributed by atoms with Gasteiger partial charge in [0.25, 0.3) is 11.8 Å². The molecule has 2 N–H and O–H groups in total. The van der Waals surface area contributed by atoms with Crippen molar-refractivity contribution in [3.05, 3.63) is 87.9 Å². The Labute approximate surface area is 203 Å². The summed E-state index contributed by atoms with van der Waals surface area (Å²) < 4.78 is 44.9. The molecule has 0 bridgehead atoms. The predicted octanol–water partition coefficient (Wildman–Crippen LogP) is 7.01. The van der Waals surface area contributed by atoms with Gasteiger partial charge in [0.1, 0.15) is 5.75 Å². The summed E-state index contributed by atoms with van der Waals surface area (Å²) in [5.74, 6) is 0.0850. The van der Waals surface area contributed by atoms with Gasteiger partial charge in [0, 0.05) is 22.5 Å². The zero-order chi connectivity index (χ0) is 24.9. The first-order chi connectivity index (χ1) is 16.0. The summed E-state index contributed by atoms with van der Waals surface area (Å²) in [6.45, 7) is 4.63. The van der Waals surface area contributed by atoms with Gasteiger partial charge in [-0.3, -0.25) is 9.59 Å². The Morgan fingerprint density at radius 3 is 2.12 bits per heavy atom. The van der Waals surface area contributed by atoms with Crippen LogP contribution in [0.4, 0.5) is 24.5 Å². The number of anilines is 2. The Hall–Kier alpha value is -3.33. The quantitative estimate of drug-likeness (QED) is 0.342. The minimum atomic E-state index is -4.50. The van der Waals surface area contributed by atoms with Crippen LogP contribution in [0.15, 0.2) is 71.2 Å². The Morgan fingerprint density at radius 2 is 1.50 bits per heavy atom. The van der Waals surface area contributed by atoms with Crippen molar-refractivity contribution >= 4 is 39.1 Å². The summed E-state index contributed by atoms with van der Waals surface area (Å²) in [5, 5.41) is 5.18. The number of amides is 2. The topological polar surface area (TPSA) is 67.4 Å². The van der Waals surface area contributed by atoms with E-state index < -0.39 is 17.6 Å². The van der Waals surface area contributed by atoms with Gasteiger partial charge in [-0.15, -0.1) is 0 Å².